The fourth-order valence-electron chi connectivity index (χ4n) is 2.07. The van der Waals surface area contributed by atoms with Crippen LogP contribution in [0.5, 0.6) is 0 Å². The van der Waals surface area contributed by atoms with Crippen LogP contribution in [0, 0.1) is 0 Å². The van der Waals surface area contributed by atoms with Crippen LogP contribution in [0.3, 0.4) is 0 Å². The SMILES string of the molecule is O=C1Nc2ccccc2C1C=Nc1ccc(Cl)cc1. The summed E-state index contributed by atoms with van der Waals surface area (Å²) >= 11 is 5.81. The van der Waals surface area contributed by atoms with Gasteiger partial charge in [-0.2, -0.15) is 0 Å². The van der Waals surface area contributed by atoms with Crippen molar-refractivity contribution in [3.8, 4) is 0 Å². The van der Waals surface area contributed by atoms with Crippen LogP contribution in [-0.4, -0.2) is 12.1 Å². The van der Waals surface area contributed by atoms with Gasteiger partial charge in [0.15, 0.2) is 0 Å². The zero-order valence-electron chi connectivity index (χ0n) is 10.0. The van der Waals surface area contributed by atoms with Gasteiger partial charge in [-0.15, -0.1) is 0 Å². The summed E-state index contributed by atoms with van der Waals surface area (Å²) in [5, 5.41) is 3.51. The summed E-state index contributed by atoms with van der Waals surface area (Å²) in [4.78, 5) is 16.2. The highest BCUT2D eigenvalue weighted by Gasteiger charge is 2.28. The van der Waals surface area contributed by atoms with E-state index >= 15 is 0 Å². The van der Waals surface area contributed by atoms with Crippen molar-refractivity contribution >= 4 is 35.1 Å². The Morgan fingerprint density at radius 2 is 1.84 bits per heavy atom. The maximum absolute atomic E-state index is 11.9. The number of anilines is 1. The molecule has 0 bridgehead atoms. The summed E-state index contributed by atoms with van der Waals surface area (Å²) in [6.07, 6.45) is 1.67. The number of nitrogens with one attached hydrogen (secondary N) is 1. The number of nitrogens with zero attached hydrogens (tertiary/aromatic N) is 1. The number of aliphatic imine (C=N–C) groups is 1. The van der Waals surface area contributed by atoms with E-state index in [1.807, 2.05) is 36.4 Å². The van der Waals surface area contributed by atoms with Crippen molar-refractivity contribution in [3.63, 3.8) is 0 Å². The van der Waals surface area contributed by atoms with Gasteiger partial charge >= 0.3 is 0 Å². The lowest BCUT2D eigenvalue weighted by Gasteiger charge is -2.01. The van der Waals surface area contributed by atoms with E-state index in [-0.39, 0.29) is 11.8 Å². The first kappa shape index (κ1) is 11.9. The molecule has 1 N–H and O–H groups in total. The molecule has 0 saturated heterocycles. The Balaban J connectivity index is 1.87. The smallest absolute Gasteiger partial charge is 0.237 e. The molecule has 1 heterocycles. The van der Waals surface area contributed by atoms with E-state index in [9.17, 15) is 4.79 Å². The average Bonchev–Trinajstić information content (AvgIpc) is 2.74. The first-order valence-corrected chi connectivity index (χ1v) is 6.31. The number of rotatable bonds is 2. The molecule has 19 heavy (non-hydrogen) atoms. The molecular formula is C15H11ClN2O. The summed E-state index contributed by atoms with van der Waals surface area (Å²) < 4.78 is 0. The second kappa shape index (κ2) is 4.86. The molecule has 0 saturated carbocycles. The molecule has 0 aliphatic carbocycles. The Morgan fingerprint density at radius 1 is 1.11 bits per heavy atom. The Bertz CT molecular complexity index is 649. The van der Waals surface area contributed by atoms with Gasteiger partial charge in [0, 0.05) is 16.9 Å². The van der Waals surface area contributed by atoms with Crippen LogP contribution in [0.2, 0.25) is 5.02 Å². The number of hydrogen-bond donors (Lipinski definition) is 1. The lowest BCUT2D eigenvalue weighted by atomic mass is 10.0. The van der Waals surface area contributed by atoms with Crippen LogP contribution in [0.4, 0.5) is 11.4 Å². The fraction of sp³-hybridized carbons (Fsp3) is 0.0667. The van der Waals surface area contributed by atoms with E-state index in [4.69, 9.17) is 11.6 Å². The van der Waals surface area contributed by atoms with E-state index < -0.39 is 0 Å². The molecule has 2 aromatic carbocycles. The Morgan fingerprint density at radius 3 is 2.63 bits per heavy atom. The van der Waals surface area contributed by atoms with Gasteiger partial charge in [0.1, 0.15) is 5.92 Å². The van der Waals surface area contributed by atoms with E-state index in [2.05, 4.69) is 10.3 Å². The van der Waals surface area contributed by atoms with Crippen LogP contribution in [0.15, 0.2) is 53.5 Å². The zero-order valence-corrected chi connectivity index (χ0v) is 10.8. The van der Waals surface area contributed by atoms with Crippen molar-refractivity contribution in [2.24, 2.45) is 4.99 Å². The van der Waals surface area contributed by atoms with Gasteiger partial charge in [0.05, 0.1) is 5.69 Å². The molecule has 1 amide bonds. The number of hydrogen-bond acceptors (Lipinski definition) is 2. The van der Waals surface area contributed by atoms with Crippen molar-refractivity contribution in [1.29, 1.82) is 0 Å². The first-order valence-electron chi connectivity index (χ1n) is 5.93. The highest BCUT2D eigenvalue weighted by molar-refractivity contribution is 6.30. The quantitative estimate of drug-likeness (QED) is 0.829. The van der Waals surface area contributed by atoms with Crippen molar-refractivity contribution < 1.29 is 4.79 Å². The van der Waals surface area contributed by atoms with Gasteiger partial charge in [-0.05, 0) is 35.9 Å². The summed E-state index contributed by atoms with van der Waals surface area (Å²) in [6, 6.07) is 14.8. The number of fused-ring (bicyclic) bond motifs is 1. The Labute approximate surface area is 115 Å². The van der Waals surface area contributed by atoms with Gasteiger partial charge in [-0.1, -0.05) is 29.8 Å². The predicted molar refractivity (Wildman–Crippen MR) is 77.4 cm³/mol. The fourth-order valence-corrected chi connectivity index (χ4v) is 2.20. The van der Waals surface area contributed by atoms with Gasteiger partial charge < -0.3 is 5.32 Å². The Hall–Kier alpha value is -2.13. The number of halogens is 1. The standard InChI is InChI=1S/C15H11ClN2O/c16-10-5-7-11(8-6-10)17-9-13-12-3-1-2-4-14(12)18-15(13)19/h1-9,13H,(H,18,19). The molecule has 3 rings (SSSR count). The molecule has 2 aromatic rings. The molecule has 3 nitrogen and oxygen atoms in total. The number of carbonyl (C=O) groups excluding carboxylic acids is 1. The number of amides is 1. The Kier molecular flexibility index (Phi) is 3.05. The third kappa shape index (κ3) is 2.37. The third-order valence-corrected chi connectivity index (χ3v) is 3.29. The highest BCUT2D eigenvalue weighted by atomic mass is 35.5. The maximum atomic E-state index is 11.9. The normalized spacial score (nSPS) is 17.5. The molecule has 1 unspecified atom stereocenters. The third-order valence-electron chi connectivity index (χ3n) is 3.04. The van der Waals surface area contributed by atoms with Crippen molar-refractivity contribution in [2.45, 2.75) is 5.92 Å². The van der Waals surface area contributed by atoms with E-state index in [1.54, 1.807) is 18.3 Å². The molecule has 1 atom stereocenters. The molecule has 0 aromatic heterocycles. The average molecular weight is 271 g/mol. The van der Waals surface area contributed by atoms with E-state index in [1.165, 1.54) is 0 Å². The molecule has 1 aliphatic heterocycles. The summed E-state index contributed by atoms with van der Waals surface area (Å²) in [5.41, 5.74) is 2.60. The van der Waals surface area contributed by atoms with Gasteiger partial charge in [-0.25, -0.2) is 0 Å². The maximum Gasteiger partial charge on any atom is 0.237 e. The second-order valence-electron chi connectivity index (χ2n) is 4.31. The van der Waals surface area contributed by atoms with Crippen LogP contribution in [0.25, 0.3) is 0 Å². The minimum Gasteiger partial charge on any atom is -0.325 e. The van der Waals surface area contributed by atoms with Crippen LogP contribution < -0.4 is 5.32 Å². The zero-order chi connectivity index (χ0) is 13.2. The molecule has 0 spiro atoms. The van der Waals surface area contributed by atoms with Gasteiger partial charge in [0.25, 0.3) is 0 Å². The predicted octanol–water partition coefficient (Wildman–Crippen LogP) is 3.78. The summed E-state index contributed by atoms with van der Waals surface area (Å²) in [6.45, 7) is 0. The van der Waals surface area contributed by atoms with Crippen LogP contribution in [-0.2, 0) is 4.79 Å². The monoisotopic (exact) mass is 270 g/mol. The van der Waals surface area contributed by atoms with Crippen LogP contribution in [0.1, 0.15) is 11.5 Å². The topological polar surface area (TPSA) is 41.5 Å². The number of benzene rings is 2. The molecule has 94 valence electrons. The second-order valence-corrected chi connectivity index (χ2v) is 4.75. The van der Waals surface area contributed by atoms with Gasteiger partial charge in [-0.3, -0.25) is 9.79 Å². The largest absolute Gasteiger partial charge is 0.325 e. The van der Waals surface area contributed by atoms with E-state index in [0.29, 0.717) is 5.02 Å². The minimum absolute atomic E-state index is 0.0427. The van der Waals surface area contributed by atoms with Crippen molar-refractivity contribution in [3.05, 3.63) is 59.1 Å². The number of carbonyl (C=O) groups is 1. The molecule has 0 fully saturated rings. The number of para-hydroxylation sites is 1. The summed E-state index contributed by atoms with van der Waals surface area (Å²) in [5.74, 6) is -0.370. The lowest BCUT2D eigenvalue weighted by molar-refractivity contribution is -0.115. The molecular weight excluding hydrogens is 260 g/mol. The van der Waals surface area contributed by atoms with Crippen molar-refractivity contribution in [1.82, 2.24) is 0 Å². The highest BCUT2D eigenvalue weighted by Crippen LogP contribution is 2.31. The summed E-state index contributed by atoms with van der Waals surface area (Å²) in [7, 11) is 0. The molecule has 1 aliphatic rings. The van der Waals surface area contributed by atoms with Crippen molar-refractivity contribution in [2.75, 3.05) is 5.32 Å². The molecule has 4 heteroatoms. The van der Waals surface area contributed by atoms with Crippen LogP contribution >= 0.6 is 11.6 Å². The lowest BCUT2D eigenvalue weighted by Crippen LogP contribution is -2.12. The molecule has 0 radical (unpaired) electrons. The van der Waals surface area contributed by atoms with Gasteiger partial charge in [0.2, 0.25) is 5.91 Å². The first-order chi connectivity index (χ1) is 9.24. The minimum atomic E-state index is -0.327. The van der Waals surface area contributed by atoms with E-state index in [0.717, 1.165) is 16.9 Å².